The van der Waals surface area contributed by atoms with Crippen molar-refractivity contribution in [3.63, 3.8) is 0 Å². The van der Waals surface area contributed by atoms with Crippen LogP contribution in [-0.2, 0) is 20.7 Å². The first kappa shape index (κ1) is 17.6. The summed E-state index contributed by atoms with van der Waals surface area (Å²) in [6.07, 6.45) is 1.89. The highest BCUT2D eigenvalue weighted by Gasteiger charge is 2.28. The number of carbonyl (C=O) groups excluding carboxylic acids is 2. The number of carbonyl (C=O) groups is 2. The number of rotatable bonds is 6. The predicted octanol–water partition coefficient (Wildman–Crippen LogP) is 2.23. The van der Waals surface area contributed by atoms with E-state index >= 15 is 0 Å². The number of benzene rings is 1. The van der Waals surface area contributed by atoms with Crippen LogP contribution in [0.5, 0.6) is 5.75 Å². The lowest BCUT2D eigenvalue weighted by Crippen LogP contribution is -2.33. The van der Waals surface area contributed by atoms with Crippen LogP contribution in [0.2, 0.25) is 0 Å². The van der Waals surface area contributed by atoms with Gasteiger partial charge in [0.05, 0.1) is 11.8 Å². The van der Waals surface area contributed by atoms with Crippen LogP contribution in [0.1, 0.15) is 31.2 Å². The van der Waals surface area contributed by atoms with E-state index in [2.05, 4.69) is 15.4 Å². The van der Waals surface area contributed by atoms with Crippen LogP contribution in [-0.4, -0.2) is 37.2 Å². The number of halogens is 2. The van der Waals surface area contributed by atoms with Gasteiger partial charge in [0.2, 0.25) is 5.91 Å². The first-order valence-corrected chi connectivity index (χ1v) is 8.28. The number of amides is 2. The third kappa shape index (κ3) is 4.88. The summed E-state index contributed by atoms with van der Waals surface area (Å²) in [4.78, 5) is 23.4. The molecular weight excluding hydrogens is 334 g/mol. The SMILES string of the molecule is O=C1COc2ccc(CCC(=O)NC3CCC(OC(F)F)C3)cc2N1. The third-order valence-corrected chi connectivity index (χ3v) is 4.36. The Morgan fingerprint density at radius 2 is 2.24 bits per heavy atom. The van der Waals surface area contributed by atoms with Gasteiger partial charge in [0, 0.05) is 12.5 Å². The maximum absolute atomic E-state index is 12.2. The molecule has 136 valence electrons. The highest BCUT2D eigenvalue weighted by molar-refractivity contribution is 5.95. The van der Waals surface area contributed by atoms with E-state index in [4.69, 9.17) is 4.74 Å². The van der Waals surface area contributed by atoms with Crippen molar-refractivity contribution < 1.29 is 27.8 Å². The van der Waals surface area contributed by atoms with E-state index in [1.165, 1.54) is 0 Å². The summed E-state index contributed by atoms with van der Waals surface area (Å²) in [5.41, 5.74) is 1.52. The Bertz CT molecular complexity index is 654. The van der Waals surface area contributed by atoms with E-state index in [-0.39, 0.29) is 30.9 Å². The molecule has 1 heterocycles. The maximum Gasteiger partial charge on any atom is 0.345 e. The van der Waals surface area contributed by atoms with Crippen LogP contribution in [0.4, 0.5) is 14.5 Å². The zero-order chi connectivity index (χ0) is 17.8. The number of alkyl halides is 2. The molecular formula is C17H20F2N2O4. The first-order chi connectivity index (χ1) is 12.0. The normalized spacial score (nSPS) is 22.3. The molecule has 0 radical (unpaired) electrons. The van der Waals surface area contributed by atoms with Gasteiger partial charge in [-0.3, -0.25) is 9.59 Å². The number of nitrogens with one attached hydrogen (secondary N) is 2. The molecule has 2 atom stereocenters. The van der Waals surface area contributed by atoms with Gasteiger partial charge in [-0.05, 0) is 43.4 Å². The largest absolute Gasteiger partial charge is 0.482 e. The topological polar surface area (TPSA) is 76.7 Å². The van der Waals surface area contributed by atoms with Crippen molar-refractivity contribution in [1.82, 2.24) is 5.32 Å². The molecule has 1 fully saturated rings. The van der Waals surface area contributed by atoms with E-state index in [1.54, 1.807) is 12.1 Å². The van der Waals surface area contributed by atoms with Gasteiger partial charge in [-0.25, -0.2) is 0 Å². The molecule has 2 N–H and O–H groups in total. The lowest BCUT2D eigenvalue weighted by atomic mass is 10.1. The average molecular weight is 354 g/mol. The van der Waals surface area contributed by atoms with E-state index < -0.39 is 12.7 Å². The minimum absolute atomic E-state index is 0.00636. The minimum Gasteiger partial charge on any atom is -0.482 e. The zero-order valence-corrected chi connectivity index (χ0v) is 13.6. The molecule has 0 spiro atoms. The van der Waals surface area contributed by atoms with Gasteiger partial charge in [-0.15, -0.1) is 0 Å². The van der Waals surface area contributed by atoms with Crippen LogP contribution < -0.4 is 15.4 Å². The molecule has 1 aromatic carbocycles. The summed E-state index contributed by atoms with van der Waals surface area (Å²) in [5.74, 6) is 0.286. The molecule has 0 bridgehead atoms. The molecule has 3 rings (SSSR count). The number of anilines is 1. The predicted molar refractivity (Wildman–Crippen MR) is 85.5 cm³/mol. The van der Waals surface area contributed by atoms with Crippen molar-refractivity contribution in [2.45, 2.75) is 50.9 Å². The Balaban J connectivity index is 1.45. The zero-order valence-electron chi connectivity index (χ0n) is 13.6. The lowest BCUT2D eigenvalue weighted by molar-refractivity contribution is -0.160. The van der Waals surface area contributed by atoms with Crippen LogP contribution in [0.15, 0.2) is 18.2 Å². The van der Waals surface area contributed by atoms with Gasteiger partial charge >= 0.3 is 6.61 Å². The molecule has 2 amide bonds. The molecule has 2 unspecified atom stereocenters. The van der Waals surface area contributed by atoms with Crippen molar-refractivity contribution in [2.24, 2.45) is 0 Å². The fourth-order valence-electron chi connectivity index (χ4n) is 3.18. The van der Waals surface area contributed by atoms with E-state index in [1.807, 2.05) is 6.07 Å². The second-order valence-corrected chi connectivity index (χ2v) is 6.26. The van der Waals surface area contributed by atoms with Gasteiger partial charge in [-0.2, -0.15) is 8.78 Å². The molecule has 6 nitrogen and oxygen atoms in total. The Morgan fingerprint density at radius 1 is 1.40 bits per heavy atom. The summed E-state index contributed by atoms with van der Waals surface area (Å²) >= 11 is 0. The Hall–Kier alpha value is -2.22. The lowest BCUT2D eigenvalue weighted by Gasteiger charge is -2.18. The number of aryl methyl sites for hydroxylation is 1. The summed E-state index contributed by atoms with van der Waals surface area (Å²) < 4.78 is 34.1. The Kier molecular flexibility index (Phi) is 5.47. The molecule has 1 aliphatic heterocycles. The smallest absolute Gasteiger partial charge is 0.345 e. The summed E-state index contributed by atoms with van der Waals surface area (Å²) in [6.45, 7) is -2.76. The quantitative estimate of drug-likeness (QED) is 0.821. The molecule has 0 saturated heterocycles. The summed E-state index contributed by atoms with van der Waals surface area (Å²) in [7, 11) is 0. The molecule has 0 aromatic heterocycles. The highest BCUT2D eigenvalue weighted by Crippen LogP contribution is 2.29. The van der Waals surface area contributed by atoms with Crippen LogP contribution in [0.25, 0.3) is 0 Å². The average Bonchev–Trinajstić information content (AvgIpc) is 2.98. The van der Waals surface area contributed by atoms with Crippen molar-refractivity contribution in [3.8, 4) is 5.75 Å². The monoisotopic (exact) mass is 354 g/mol. The summed E-state index contributed by atoms with van der Waals surface area (Å²) in [5, 5.41) is 5.59. The van der Waals surface area contributed by atoms with Crippen molar-refractivity contribution in [2.75, 3.05) is 11.9 Å². The molecule has 2 aliphatic rings. The van der Waals surface area contributed by atoms with Crippen LogP contribution >= 0.6 is 0 Å². The molecule has 1 aromatic rings. The number of ether oxygens (including phenoxy) is 2. The molecule has 25 heavy (non-hydrogen) atoms. The van der Waals surface area contributed by atoms with Crippen molar-refractivity contribution in [1.29, 1.82) is 0 Å². The van der Waals surface area contributed by atoms with Gasteiger partial charge in [0.1, 0.15) is 5.75 Å². The fraction of sp³-hybridized carbons (Fsp3) is 0.529. The number of hydrogen-bond donors (Lipinski definition) is 2. The first-order valence-electron chi connectivity index (χ1n) is 8.28. The van der Waals surface area contributed by atoms with Gasteiger partial charge in [0.25, 0.3) is 5.91 Å². The second-order valence-electron chi connectivity index (χ2n) is 6.26. The standard InChI is InChI=1S/C17H20F2N2O4/c18-17(19)25-12-4-3-11(8-12)20-15(22)6-2-10-1-5-14-13(7-10)21-16(23)9-24-14/h1,5,7,11-12,17H,2-4,6,8-9H2,(H,20,22)(H,21,23). The second kappa shape index (κ2) is 7.77. The molecule has 1 aliphatic carbocycles. The van der Waals surface area contributed by atoms with E-state index in [0.717, 1.165) is 5.56 Å². The number of hydrogen-bond acceptors (Lipinski definition) is 4. The van der Waals surface area contributed by atoms with Crippen LogP contribution in [0.3, 0.4) is 0 Å². The third-order valence-electron chi connectivity index (χ3n) is 4.36. The van der Waals surface area contributed by atoms with Gasteiger partial charge in [-0.1, -0.05) is 6.07 Å². The highest BCUT2D eigenvalue weighted by atomic mass is 19.3. The molecule has 1 saturated carbocycles. The van der Waals surface area contributed by atoms with Crippen LogP contribution in [0, 0.1) is 0 Å². The fourth-order valence-corrected chi connectivity index (χ4v) is 3.18. The van der Waals surface area contributed by atoms with E-state index in [9.17, 15) is 18.4 Å². The Labute approximate surface area is 143 Å². The number of fused-ring (bicyclic) bond motifs is 1. The Morgan fingerprint density at radius 3 is 3.04 bits per heavy atom. The summed E-state index contributed by atoms with van der Waals surface area (Å²) in [6, 6.07) is 5.30. The van der Waals surface area contributed by atoms with Gasteiger partial charge in [0.15, 0.2) is 6.61 Å². The van der Waals surface area contributed by atoms with E-state index in [0.29, 0.717) is 37.1 Å². The van der Waals surface area contributed by atoms with Gasteiger partial charge < -0.3 is 20.1 Å². The van der Waals surface area contributed by atoms with Crippen molar-refractivity contribution in [3.05, 3.63) is 23.8 Å². The molecule has 8 heteroatoms. The maximum atomic E-state index is 12.2. The van der Waals surface area contributed by atoms with Crippen molar-refractivity contribution >= 4 is 17.5 Å². The minimum atomic E-state index is -2.77.